The van der Waals surface area contributed by atoms with Crippen molar-refractivity contribution in [2.45, 2.75) is 52.2 Å². The predicted octanol–water partition coefficient (Wildman–Crippen LogP) is 3.90. The lowest BCUT2D eigenvalue weighted by Gasteiger charge is -2.42. The molecule has 23 heavy (non-hydrogen) atoms. The number of aliphatic hydroxyl groups is 1. The van der Waals surface area contributed by atoms with Gasteiger partial charge in [0.1, 0.15) is 11.4 Å². The highest BCUT2D eigenvalue weighted by Crippen LogP contribution is 2.42. The molecule has 1 heterocycles. The normalized spacial score (nSPS) is 19.3. The van der Waals surface area contributed by atoms with Gasteiger partial charge in [-0.05, 0) is 51.3 Å². The van der Waals surface area contributed by atoms with Gasteiger partial charge in [-0.15, -0.1) is 0 Å². The standard InChI is InChI=1S/C18H26FNO3/c1-17(2,3)23-16(22)20-11-9-18(4,10-12-20)15(21)13-5-7-14(19)8-6-13/h5-8,15,21H,9-12H2,1-4H3. The Morgan fingerprint density at radius 1 is 1.26 bits per heavy atom. The first kappa shape index (κ1) is 17.7. The summed E-state index contributed by atoms with van der Waals surface area (Å²) in [5.74, 6) is -0.314. The molecule has 4 nitrogen and oxygen atoms in total. The second-order valence-electron chi connectivity index (χ2n) is 7.58. The van der Waals surface area contributed by atoms with E-state index in [4.69, 9.17) is 4.74 Å². The molecule has 1 fully saturated rings. The van der Waals surface area contributed by atoms with E-state index in [9.17, 15) is 14.3 Å². The van der Waals surface area contributed by atoms with Crippen LogP contribution >= 0.6 is 0 Å². The second-order valence-corrected chi connectivity index (χ2v) is 7.58. The molecule has 1 aliphatic heterocycles. The van der Waals surface area contributed by atoms with Crippen LogP contribution in [0.3, 0.4) is 0 Å². The number of carbonyl (C=O) groups excluding carboxylic acids is 1. The Bertz CT molecular complexity index is 542. The van der Waals surface area contributed by atoms with E-state index in [1.807, 2.05) is 27.7 Å². The second kappa shape index (κ2) is 6.48. The van der Waals surface area contributed by atoms with E-state index in [0.29, 0.717) is 31.5 Å². The number of likely N-dealkylation sites (tertiary alicyclic amines) is 1. The quantitative estimate of drug-likeness (QED) is 0.898. The molecule has 1 unspecified atom stereocenters. The van der Waals surface area contributed by atoms with Crippen LogP contribution < -0.4 is 0 Å². The van der Waals surface area contributed by atoms with Crippen LogP contribution in [0, 0.1) is 11.2 Å². The van der Waals surface area contributed by atoms with Crippen molar-refractivity contribution in [2.75, 3.05) is 13.1 Å². The molecule has 128 valence electrons. The minimum absolute atomic E-state index is 0.309. The molecule has 0 aromatic heterocycles. The zero-order chi connectivity index (χ0) is 17.3. The van der Waals surface area contributed by atoms with Gasteiger partial charge >= 0.3 is 6.09 Å². The summed E-state index contributed by atoms with van der Waals surface area (Å²) in [4.78, 5) is 13.8. The number of aliphatic hydroxyl groups excluding tert-OH is 1. The van der Waals surface area contributed by atoms with Crippen molar-refractivity contribution in [3.05, 3.63) is 35.6 Å². The summed E-state index contributed by atoms with van der Waals surface area (Å²) in [6, 6.07) is 5.95. The third-order valence-electron chi connectivity index (χ3n) is 4.40. The highest BCUT2D eigenvalue weighted by atomic mass is 19.1. The molecule has 1 saturated heterocycles. The molecular weight excluding hydrogens is 297 g/mol. The van der Waals surface area contributed by atoms with Crippen molar-refractivity contribution < 1.29 is 19.0 Å². The lowest BCUT2D eigenvalue weighted by atomic mass is 9.73. The van der Waals surface area contributed by atoms with Gasteiger partial charge in [-0.3, -0.25) is 0 Å². The lowest BCUT2D eigenvalue weighted by Crippen LogP contribution is -2.46. The molecule has 0 bridgehead atoms. The number of hydrogen-bond donors (Lipinski definition) is 1. The largest absolute Gasteiger partial charge is 0.444 e. The molecule has 0 spiro atoms. The summed E-state index contributed by atoms with van der Waals surface area (Å²) in [5.41, 5.74) is -0.137. The van der Waals surface area contributed by atoms with Crippen LogP contribution in [0.15, 0.2) is 24.3 Å². The number of piperidine rings is 1. The van der Waals surface area contributed by atoms with Crippen molar-refractivity contribution in [1.82, 2.24) is 4.90 Å². The van der Waals surface area contributed by atoms with Crippen molar-refractivity contribution in [3.8, 4) is 0 Å². The molecule has 0 aliphatic carbocycles. The first-order chi connectivity index (χ1) is 10.6. The average Bonchev–Trinajstić information content (AvgIpc) is 2.46. The highest BCUT2D eigenvalue weighted by molar-refractivity contribution is 5.68. The van der Waals surface area contributed by atoms with Gasteiger partial charge in [0.15, 0.2) is 0 Å². The van der Waals surface area contributed by atoms with Gasteiger partial charge in [-0.1, -0.05) is 19.1 Å². The first-order valence-corrected chi connectivity index (χ1v) is 8.02. The number of nitrogens with zero attached hydrogens (tertiary/aromatic N) is 1. The molecule has 1 aliphatic rings. The summed E-state index contributed by atoms with van der Waals surface area (Å²) in [7, 11) is 0. The van der Waals surface area contributed by atoms with Crippen LogP contribution in [-0.4, -0.2) is 34.8 Å². The van der Waals surface area contributed by atoms with Crippen LogP contribution in [0.5, 0.6) is 0 Å². The number of amides is 1. The maximum atomic E-state index is 13.0. The average molecular weight is 323 g/mol. The van der Waals surface area contributed by atoms with Crippen LogP contribution in [0.4, 0.5) is 9.18 Å². The van der Waals surface area contributed by atoms with Crippen molar-refractivity contribution in [1.29, 1.82) is 0 Å². The van der Waals surface area contributed by atoms with Crippen molar-refractivity contribution in [2.24, 2.45) is 5.41 Å². The maximum Gasteiger partial charge on any atom is 0.410 e. The van der Waals surface area contributed by atoms with Gasteiger partial charge in [0, 0.05) is 18.5 Å². The number of halogens is 1. The fourth-order valence-corrected chi connectivity index (χ4v) is 2.85. The Morgan fingerprint density at radius 3 is 2.26 bits per heavy atom. The SMILES string of the molecule is CC(C)(C)OC(=O)N1CCC(C)(C(O)c2ccc(F)cc2)CC1. The van der Waals surface area contributed by atoms with E-state index >= 15 is 0 Å². The lowest BCUT2D eigenvalue weighted by molar-refractivity contribution is -0.0258. The van der Waals surface area contributed by atoms with Crippen LogP contribution in [0.1, 0.15) is 52.2 Å². The number of rotatable bonds is 2. The van der Waals surface area contributed by atoms with E-state index in [-0.39, 0.29) is 17.3 Å². The van der Waals surface area contributed by atoms with Crippen LogP contribution in [0.25, 0.3) is 0 Å². The molecular formula is C18H26FNO3. The zero-order valence-corrected chi connectivity index (χ0v) is 14.3. The summed E-state index contributed by atoms with van der Waals surface area (Å²) in [6.07, 6.45) is 0.356. The Balaban J connectivity index is 1.99. The van der Waals surface area contributed by atoms with E-state index in [1.54, 1.807) is 17.0 Å². The Kier molecular flexibility index (Phi) is 4.99. The molecule has 1 atom stereocenters. The van der Waals surface area contributed by atoms with Gasteiger partial charge in [-0.25, -0.2) is 9.18 Å². The number of hydrogen-bond acceptors (Lipinski definition) is 3. The number of carbonyl (C=O) groups is 1. The van der Waals surface area contributed by atoms with Crippen molar-refractivity contribution in [3.63, 3.8) is 0 Å². The van der Waals surface area contributed by atoms with Gasteiger partial charge in [0.05, 0.1) is 6.10 Å². The number of benzene rings is 1. The minimum Gasteiger partial charge on any atom is -0.444 e. The summed E-state index contributed by atoms with van der Waals surface area (Å²) in [5, 5.41) is 10.6. The molecule has 1 aromatic rings. The van der Waals surface area contributed by atoms with Gasteiger partial charge < -0.3 is 14.7 Å². The van der Waals surface area contributed by atoms with Gasteiger partial charge in [0.2, 0.25) is 0 Å². The summed E-state index contributed by atoms with van der Waals surface area (Å²) >= 11 is 0. The molecule has 2 rings (SSSR count). The van der Waals surface area contributed by atoms with E-state index in [2.05, 4.69) is 0 Å². The Hall–Kier alpha value is -1.62. The highest BCUT2D eigenvalue weighted by Gasteiger charge is 2.39. The number of ether oxygens (including phenoxy) is 1. The van der Waals surface area contributed by atoms with E-state index in [0.717, 1.165) is 0 Å². The van der Waals surface area contributed by atoms with E-state index < -0.39 is 11.7 Å². The third kappa shape index (κ3) is 4.44. The third-order valence-corrected chi connectivity index (χ3v) is 4.40. The minimum atomic E-state index is -0.677. The monoisotopic (exact) mass is 323 g/mol. The van der Waals surface area contributed by atoms with E-state index in [1.165, 1.54) is 12.1 Å². The topological polar surface area (TPSA) is 49.8 Å². The fraction of sp³-hybridized carbons (Fsp3) is 0.611. The van der Waals surface area contributed by atoms with Crippen LogP contribution in [0.2, 0.25) is 0 Å². The fourth-order valence-electron chi connectivity index (χ4n) is 2.85. The maximum absolute atomic E-state index is 13.0. The molecule has 1 N–H and O–H groups in total. The van der Waals surface area contributed by atoms with Crippen LogP contribution in [-0.2, 0) is 4.74 Å². The molecule has 1 aromatic carbocycles. The summed E-state index contributed by atoms with van der Waals surface area (Å²) in [6.45, 7) is 8.63. The Labute approximate surface area is 137 Å². The zero-order valence-electron chi connectivity index (χ0n) is 14.3. The first-order valence-electron chi connectivity index (χ1n) is 8.02. The molecule has 0 radical (unpaired) electrons. The van der Waals surface area contributed by atoms with Gasteiger partial charge in [-0.2, -0.15) is 0 Å². The molecule has 0 saturated carbocycles. The Morgan fingerprint density at radius 2 is 1.78 bits per heavy atom. The van der Waals surface area contributed by atoms with Crippen molar-refractivity contribution >= 4 is 6.09 Å². The van der Waals surface area contributed by atoms with Gasteiger partial charge in [0.25, 0.3) is 0 Å². The smallest absolute Gasteiger partial charge is 0.410 e. The molecule has 1 amide bonds. The summed E-state index contributed by atoms with van der Waals surface area (Å²) < 4.78 is 18.4. The predicted molar refractivity (Wildman–Crippen MR) is 86.5 cm³/mol. The molecule has 5 heteroatoms.